The van der Waals surface area contributed by atoms with Gasteiger partial charge in [0.25, 0.3) is 0 Å². The van der Waals surface area contributed by atoms with Gasteiger partial charge in [-0.05, 0) is 75.9 Å². The second-order valence-electron chi connectivity index (χ2n) is 9.00. The third kappa shape index (κ3) is 10.0. The average molecular weight is 560 g/mol. The number of halogens is 2. The molecule has 0 fully saturated rings. The van der Waals surface area contributed by atoms with E-state index in [2.05, 4.69) is 98.5 Å². The molecule has 0 amide bonds. The van der Waals surface area contributed by atoms with Gasteiger partial charge in [0.2, 0.25) is 0 Å². The quantitative estimate of drug-likeness (QED) is 0.366. The maximum atomic E-state index is 4.54. The molecule has 0 saturated heterocycles. The van der Waals surface area contributed by atoms with Crippen molar-refractivity contribution < 1.29 is 41.6 Å². The molecule has 0 aliphatic heterocycles. The molecule has 2 N–H and O–H groups in total. The molecule has 3 aromatic rings. The number of aromatic nitrogens is 1. The van der Waals surface area contributed by atoms with Gasteiger partial charge in [-0.2, -0.15) is 0 Å². The molecule has 4 nitrogen and oxygen atoms in total. The SMILES string of the molecule is Cc1cc(C)c(NCCN(CCNc2c(C)cc(C)cc2C)Cc2ccccn2)c(C)c1.[Cl-].[Cl-].[Co+2]. The van der Waals surface area contributed by atoms with Gasteiger partial charge >= 0.3 is 16.8 Å². The summed E-state index contributed by atoms with van der Waals surface area (Å²) in [5.74, 6) is 0. The molecule has 35 heavy (non-hydrogen) atoms. The number of aryl methyl sites for hydroxylation is 6. The van der Waals surface area contributed by atoms with Gasteiger partial charge in [-0.15, -0.1) is 0 Å². The third-order valence-corrected chi connectivity index (χ3v) is 5.93. The van der Waals surface area contributed by atoms with E-state index >= 15 is 0 Å². The normalized spacial score (nSPS) is 10.1. The van der Waals surface area contributed by atoms with Crippen LogP contribution in [0.2, 0.25) is 0 Å². The summed E-state index contributed by atoms with van der Waals surface area (Å²) in [7, 11) is 0. The van der Waals surface area contributed by atoms with Crippen LogP contribution >= 0.6 is 0 Å². The van der Waals surface area contributed by atoms with E-state index in [4.69, 9.17) is 0 Å². The van der Waals surface area contributed by atoms with Gasteiger partial charge in [-0.3, -0.25) is 9.88 Å². The van der Waals surface area contributed by atoms with Gasteiger partial charge < -0.3 is 35.4 Å². The standard InChI is InChI=1S/C28H38N4.2ClH.Co/c1-20-15-22(3)27(23(4)16-20)30-11-13-32(19-26-9-7-8-10-29-26)14-12-31-28-24(5)17-21(2)18-25(28)6;;;/h7-10,15-18,30-31H,11-14,19H2,1-6H3;2*1H;/q;;;+2/p-2. The molecule has 7 heteroatoms. The monoisotopic (exact) mass is 559 g/mol. The zero-order valence-corrected chi connectivity index (χ0v) is 24.2. The first-order chi connectivity index (χ1) is 15.3. The summed E-state index contributed by atoms with van der Waals surface area (Å²) in [6.45, 7) is 17.6. The van der Waals surface area contributed by atoms with Crippen LogP contribution in [-0.4, -0.2) is 36.1 Å². The largest absolute Gasteiger partial charge is 2.00 e. The van der Waals surface area contributed by atoms with Crippen molar-refractivity contribution in [3.8, 4) is 0 Å². The van der Waals surface area contributed by atoms with Gasteiger partial charge in [-0.1, -0.05) is 41.5 Å². The molecule has 1 aromatic heterocycles. The zero-order valence-electron chi connectivity index (χ0n) is 21.6. The second-order valence-corrected chi connectivity index (χ2v) is 9.00. The van der Waals surface area contributed by atoms with Crippen LogP contribution in [0.5, 0.6) is 0 Å². The first kappa shape index (κ1) is 33.2. The van der Waals surface area contributed by atoms with Gasteiger partial charge in [-0.25, -0.2) is 0 Å². The number of hydrogen-bond donors (Lipinski definition) is 2. The van der Waals surface area contributed by atoms with Crippen molar-refractivity contribution in [2.24, 2.45) is 0 Å². The summed E-state index contributed by atoms with van der Waals surface area (Å²) in [5, 5.41) is 7.35. The summed E-state index contributed by atoms with van der Waals surface area (Å²) in [4.78, 5) is 7.02. The topological polar surface area (TPSA) is 40.2 Å². The molecule has 0 unspecified atom stereocenters. The fourth-order valence-corrected chi connectivity index (χ4v) is 4.59. The maximum absolute atomic E-state index is 4.54. The molecule has 3 rings (SSSR count). The fraction of sp³-hybridized carbons (Fsp3) is 0.393. The predicted octanol–water partition coefficient (Wildman–Crippen LogP) is -0.0362. The summed E-state index contributed by atoms with van der Waals surface area (Å²) in [6.07, 6.45) is 1.88. The van der Waals surface area contributed by atoms with Crippen molar-refractivity contribution in [2.75, 3.05) is 36.8 Å². The van der Waals surface area contributed by atoms with Crippen molar-refractivity contribution in [3.63, 3.8) is 0 Å². The smallest absolute Gasteiger partial charge is 1.00 e. The van der Waals surface area contributed by atoms with Crippen LogP contribution in [0.15, 0.2) is 48.7 Å². The Hall–Kier alpha value is -1.76. The van der Waals surface area contributed by atoms with Crippen molar-refractivity contribution in [3.05, 3.63) is 87.7 Å². The van der Waals surface area contributed by atoms with Gasteiger partial charge in [0.15, 0.2) is 0 Å². The minimum atomic E-state index is 0. The van der Waals surface area contributed by atoms with Crippen molar-refractivity contribution in [1.82, 2.24) is 9.88 Å². The molecule has 1 heterocycles. The van der Waals surface area contributed by atoms with E-state index in [1.165, 1.54) is 44.8 Å². The first-order valence-corrected chi connectivity index (χ1v) is 11.6. The molecular weight excluding hydrogens is 522 g/mol. The Bertz CT molecular complexity index is 935. The van der Waals surface area contributed by atoms with Gasteiger partial charge in [0.1, 0.15) is 0 Å². The second kappa shape index (κ2) is 16.1. The van der Waals surface area contributed by atoms with E-state index in [1.807, 2.05) is 12.3 Å². The Morgan fingerprint density at radius 3 is 1.49 bits per heavy atom. The summed E-state index contributed by atoms with van der Waals surface area (Å²) in [6, 6.07) is 15.1. The number of anilines is 2. The van der Waals surface area contributed by atoms with Gasteiger partial charge in [0.05, 0.1) is 5.69 Å². The molecule has 0 aliphatic rings. The van der Waals surface area contributed by atoms with E-state index in [0.29, 0.717) is 0 Å². The molecule has 0 atom stereocenters. The van der Waals surface area contributed by atoms with Crippen molar-refractivity contribution in [2.45, 2.75) is 48.1 Å². The number of pyridine rings is 1. The van der Waals surface area contributed by atoms with Crippen LogP contribution in [0, 0.1) is 41.5 Å². The minimum Gasteiger partial charge on any atom is -1.00 e. The number of rotatable bonds is 10. The van der Waals surface area contributed by atoms with Crippen LogP contribution in [0.1, 0.15) is 39.1 Å². The summed E-state index contributed by atoms with van der Waals surface area (Å²) >= 11 is 0. The van der Waals surface area contributed by atoms with Crippen LogP contribution in [0.4, 0.5) is 11.4 Å². The zero-order chi connectivity index (χ0) is 23.1. The number of nitrogens with zero attached hydrogens (tertiary/aromatic N) is 2. The molecule has 0 aliphatic carbocycles. The first-order valence-electron chi connectivity index (χ1n) is 11.6. The molecule has 0 bridgehead atoms. The van der Waals surface area contributed by atoms with E-state index in [0.717, 1.165) is 38.4 Å². The Balaban J connectivity index is 0.00000385. The molecule has 2 aromatic carbocycles. The molecule has 193 valence electrons. The number of hydrogen-bond acceptors (Lipinski definition) is 4. The van der Waals surface area contributed by atoms with Crippen LogP contribution in [-0.2, 0) is 23.3 Å². The van der Waals surface area contributed by atoms with E-state index in [1.54, 1.807) is 0 Å². The van der Waals surface area contributed by atoms with Crippen LogP contribution in [0.25, 0.3) is 0 Å². The molecule has 0 spiro atoms. The fourth-order valence-electron chi connectivity index (χ4n) is 4.59. The molecule has 1 radical (unpaired) electrons. The molecular formula is C28H38Cl2CoN4. The molecule has 0 saturated carbocycles. The Morgan fingerprint density at radius 2 is 1.11 bits per heavy atom. The van der Waals surface area contributed by atoms with Crippen molar-refractivity contribution in [1.29, 1.82) is 0 Å². The predicted molar refractivity (Wildman–Crippen MR) is 138 cm³/mol. The van der Waals surface area contributed by atoms with Crippen LogP contribution in [0.3, 0.4) is 0 Å². The van der Waals surface area contributed by atoms with E-state index in [-0.39, 0.29) is 41.6 Å². The third-order valence-electron chi connectivity index (χ3n) is 5.93. The van der Waals surface area contributed by atoms with E-state index in [9.17, 15) is 0 Å². The Morgan fingerprint density at radius 1 is 0.686 bits per heavy atom. The summed E-state index contributed by atoms with van der Waals surface area (Å²) in [5.41, 5.74) is 11.5. The summed E-state index contributed by atoms with van der Waals surface area (Å²) < 4.78 is 0. The number of benzene rings is 2. The number of nitrogens with one attached hydrogen (secondary N) is 2. The van der Waals surface area contributed by atoms with E-state index < -0.39 is 0 Å². The Kier molecular flexibility index (Phi) is 15.3. The van der Waals surface area contributed by atoms with Crippen molar-refractivity contribution >= 4 is 11.4 Å². The maximum Gasteiger partial charge on any atom is 2.00 e. The van der Waals surface area contributed by atoms with Gasteiger partial charge in [0, 0.05) is 50.3 Å². The Labute approximate surface area is 234 Å². The average Bonchev–Trinajstić information content (AvgIpc) is 2.72. The minimum absolute atomic E-state index is 0. The van der Waals surface area contributed by atoms with Crippen LogP contribution < -0.4 is 35.4 Å².